The number of hydrogen-bond acceptors (Lipinski definition) is 8. The average molecular weight is 628 g/mol. The van der Waals surface area contributed by atoms with E-state index in [1.807, 2.05) is 0 Å². The Kier molecular flexibility index (Phi) is 7.54. The van der Waals surface area contributed by atoms with Crippen molar-refractivity contribution in [3.05, 3.63) is 90.4 Å². The van der Waals surface area contributed by atoms with Crippen LogP contribution in [0, 0.1) is 5.82 Å². The molecule has 0 fully saturated rings. The highest BCUT2D eigenvalue weighted by molar-refractivity contribution is 7.92. The van der Waals surface area contributed by atoms with Gasteiger partial charge < -0.3 is 19.9 Å². The summed E-state index contributed by atoms with van der Waals surface area (Å²) in [6, 6.07) is 19.2. The summed E-state index contributed by atoms with van der Waals surface area (Å²) in [5.74, 6) is -1.14. The molecule has 0 aliphatic carbocycles. The van der Waals surface area contributed by atoms with Crippen LogP contribution in [0.1, 0.15) is 16.8 Å². The largest absolute Gasteiger partial charge is 0.455 e. The number of halogens is 1. The normalized spacial score (nSPS) is 11.6. The summed E-state index contributed by atoms with van der Waals surface area (Å²) in [4.78, 5) is 33.7. The highest BCUT2D eigenvalue weighted by Gasteiger charge is 2.28. The lowest BCUT2D eigenvalue weighted by Crippen LogP contribution is -2.33. The van der Waals surface area contributed by atoms with Gasteiger partial charge in [0.15, 0.2) is 11.2 Å². The van der Waals surface area contributed by atoms with Gasteiger partial charge in [-0.3, -0.25) is 13.9 Å². The summed E-state index contributed by atoms with van der Waals surface area (Å²) in [6.07, 6.45) is 2.38. The predicted molar refractivity (Wildman–Crippen MR) is 167 cm³/mol. The van der Waals surface area contributed by atoms with E-state index < -0.39 is 27.7 Å². The van der Waals surface area contributed by atoms with Crippen LogP contribution in [0.15, 0.2) is 87.8 Å². The molecule has 13 heteroatoms. The molecule has 6 aromatic rings. The Labute approximate surface area is 256 Å². The second-order valence-electron chi connectivity index (χ2n) is 10.2. The number of nitrogens with two attached hydrogens (primary N) is 1. The molecule has 3 aromatic heterocycles. The maximum absolute atomic E-state index is 13.8. The van der Waals surface area contributed by atoms with Gasteiger partial charge in [-0.2, -0.15) is 4.98 Å². The molecule has 0 unspecified atom stereocenters. The van der Waals surface area contributed by atoms with Crippen LogP contribution < -0.4 is 15.4 Å². The number of carbonyl (C=O) groups excluding carboxylic acids is 2. The Morgan fingerprint density at radius 1 is 0.956 bits per heavy atom. The summed E-state index contributed by atoms with van der Waals surface area (Å²) >= 11 is 0. The van der Waals surface area contributed by atoms with Crippen molar-refractivity contribution in [1.82, 2.24) is 15.3 Å². The number of fused-ring (bicyclic) bond motifs is 2. The van der Waals surface area contributed by atoms with Gasteiger partial charge in [0.1, 0.15) is 17.2 Å². The maximum Gasteiger partial charge on any atom is 0.255 e. The molecule has 0 aliphatic heterocycles. The van der Waals surface area contributed by atoms with Gasteiger partial charge in [0.25, 0.3) is 5.91 Å². The van der Waals surface area contributed by atoms with Crippen LogP contribution in [0.5, 0.6) is 0 Å². The number of primary amides is 1. The first kappa shape index (κ1) is 29.5. The smallest absolute Gasteiger partial charge is 0.255 e. The lowest BCUT2D eigenvalue weighted by molar-refractivity contribution is -0.117. The first-order chi connectivity index (χ1) is 21.5. The monoisotopic (exact) mass is 627 g/mol. The molecular formula is C32H26FN5O6S. The standard InChI is InChI=1S/C32H26FN5O6S/c1-35-31(40)28-23-16-22(19-5-3-6-20(15-19)32-37-30-25(44-32)7-4-13-36-30)24(38(45(2,41)42)14-12-27(34)39)17-26(23)43-29(28)18-8-10-21(33)11-9-18/h3-11,13,15-17H,12,14H2,1-2H3,(H2,34,39)(H,35,40). The number of anilines is 1. The molecular weight excluding hydrogens is 601 g/mol. The molecule has 0 spiro atoms. The van der Waals surface area contributed by atoms with E-state index >= 15 is 0 Å². The molecule has 0 bridgehead atoms. The van der Waals surface area contributed by atoms with E-state index in [1.165, 1.54) is 37.4 Å². The van der Waals surface area contributed by atoms with Crippen LogP contribution in [0.4, 0.5) is 10.1 Å². The Bertz CT molecular complexity index is 2180. The number of hydrogen-bond donors (Lipinski definition) is 2. The third-order valence-corrected chi connectivity index (χ3v) is 8.36. The molecule has 2 amide bonds. The number of nitrogens with zero attached hydrogens (tertiary/aromatic N) is 3. The van der Waals surface area contributed by atoms with Gasteiger partial charge >= 0.3 is 0 Å². The summed E-state index contributed by atoms with van der Waals surface area (Å²) in [5.41, 5.74) is 8.86. The van der Waals surface area contributed by atoms with E-state index in [0.717, 1.165) is 10.6 Å². The fourth-order valence-electron chi connectivity index (χ4n) is 5.11. The fourth-order valence-corrected chi connectivity index (χ4v) is 6.04. The average Bonchev–Trinajstić information content (AvgIpc) is 3.62. The highest BCUT2D eigenvalue weighted by atomic mass is 32.2. The van der Waals surface area contributed by atoms with E-state index in [4.69, 9.17) is 14.6 Å². The molecule has 3 heterocycles. The first-order valence-electron chi connectivity index (χ1n) is 13.7. The minimum atomic E-state index is -3.95. The van der Waals surface area contributed by atoms with Gasteiger partial charge in [-0.15, -0.1) is 0 Å². The van der Waals surface area contributed by atoms with E-state index in [1.54, 1.807) is 48.7 Å². The third kappa shape index (κ3) is 5.72. The minimum Gasteiger partial charge on any atom is -0.455 e. The summed E-state index contributed by atoms with van der Waals surface area (Å²) in [6.45, 7) is -0.239. The number of furan rings is 1. The van der Waals surface area contributed by atoms with Crippen molar-refractivity contribution < 1.29 is 31.2 Å². The Morgan fingerprint density at radius 3 is 2.40 bits per heavy atom. The zero-order valence-electron chi connectivity index (χ0n) is 24.1. The van der Waals surface area contributed by atoms with Gasteiger partial charge in [0.05, 0.1) is 17.5 Å². The molecule has 3 N–H and O–H groups in total. The third-order valence-electron chi connectivity index (χ3n) is 7.18. The van der Waals surface area contributed by atoms with Gasteiger partial charge in [-0.05, 0) is 60.2 Å². The van der Waals surface area contributed by atoms with Crippen LogP contribution in [0.3, 0.4) is 0 Å². The minimum absolute atomic E-state index is 0.170. The predicted octanol–water partition coefficient (Wildman–Crippen LogP) is 5.11. The zero-order valence-corrected chi connectivity index (χ0v) is 24.9. The number of sulfonamides is 1. The van der Waals surface area contributed by atoms with E-state index in [2.05, 4.69) is 15.3 Å². The van der Waals surface area contributed by atoms with Crippen molar-refractivity contribution in [1.29, 1.82) is 0 Å². The molecule has 0 saturated heterocycles. The molecule has 0 aliphatic rings. The quantitative estimate of drug-likeness (QED) is 0.224. The number of amides is 2. The Morgan fingerprint density at radius 2 is 1.71 bits per heavy atom. The SMILES string of the molecule is CNC(=O)c1c(-c2ccc(F)cc2)oc2cc(N(CCC(N)=O)S(C)(=O)=O)c(-c3cccc(-c4nc5ncccc5o4)c3)cc12. The lowest BCUT2D eigenvalue weighted by Gasteiger charge is -2.25. The number of rotatable bonds is 9. The van der Waals surface area contributed by atoms with Gasteiger partial charge in [0, 0.05) is 54.4 Å². The molecule has 45 heavy (non-hydrogen) atoms. The Balaban J connectivity index is 1.62. The number of benzene rings is 3. The van der Waals surface area contributed by atoms with Gasteiger partial charge in [-0.1, -0.05) is 12.1 Å². The van der Waals surface area contributed by atoms with Crippen LogP contribution in [-0.2, 0) is 14.8 Å². The van der Waals surface area contributed by atoms with E-state index in [-0.39, 0.29) is 35.6 Å². The van der Waals surface area contributed by atoms with Crippen molar-refractivity contribution in [2.45, 2.75) is 6.42 Å². The van der Waals surface area contributed by atoms with Gasteiger partial charge in [-0.25, -0.2) is 17.8 Å². The van der Waals surface area contributed by atoms with Crippen molar-refractivity contribution in [3.8, 4) is 33.9 Å². The summed E-state index contributed by atoms with van der Waals surface area (Å²) in [7, 11) is -2.48. The van der Waals surface area contributed by atoms with Crippen molar-refractivity contribution in [2.75, 3.05) is 24.2 Å². The molecule has 11 nitrogen and oxygen atoms in total. The summed E-state index contributed by atoms with van der Waals surface area (Å²) in [5, 5.41) is 3.00. The number of carbonyl (C=O) groups is 2. The number of pyridine rings is 1. The first-order valence-corrected chi connectivity index (χ1v) is 15.6. The Hall–Kier alpha value is -5.56. The zero-order chi connectivity index (χ0) is 31.9. The fraction of sp³-hybridized carbons (Fsp3) is 0.125. The molecule has 6 rings (SSSR count). The van der Waals surface area contributed by atoms with Crippen molar-refractivity contribution >= 4 is 49.7 Å². The van der Waals surface area contributed by atoms with E-state index in [0.29, 0.717) is 44.8 Å². The second kappa shape index (κ2) is 11.5. The van der Waals surface area contributed by atoms with Crippen LogP contribution in [0.25, 0.3) is 56.1 Å². The van der Waals surface area contributed by atoms with Crippen LogP contribution in [0.2, 0.25) is 0 Å². The topological polar surface area (TPSA) is 162 Å². The molecule has 0 saturated carbocycles. The number of aromatic nitrogens is 2. The number of oxazole rings is 1. The number of nitrogens with one attached hydrogen (secondary N) is 1. The molecule has 0 radical (unpaired) electrons. The maximum atomic E-state index is 13.8. The van der Waals surface area contributed by atoms with Crippen molar-refractivity contribution in [3.63, 3.8) is 0 Å². The summed E-state index contributed by atoms with van der Waals surface area (Å²) < 4.78 is 53.2. The molecule has 228 valence electrons. The van der Waals surface area contributed by atoms with Crippen LogP contribution >= 0.6 is 0 Å². The lowest BCUT2D eigenvalue weighted by atomic mass is 9.97. The van der Waals surface area contributed by atoms with Gasteiger partial charge in [0.2, 0.25) is 21.8 Å². The molecule has 3 aromatic carbocycles. The van der Waals surface area contributed by atoms with Crippen LogP contribution in [-0.4, -0.2) is 50.0 Å². The highest BCUT2D eigenvalue weighted by Crippen LogP contribution is 2.42. The van der Waals surface area contributed by atoms with E-state index in [9.17, 15) is 22.4 Å². The second-order valence-corrected chi connectivity index (χ2v) is 12.1. The van der Waals surface area contributed by atoms with Crippen molar-refractivity contribution in [2.24, 2.45) is 5.73 Å². The molecule has 0 atom stereocenters.